The first-order chi connectivity index (χ1) is 7.48. The topological polar surface area (TPSA) is 81.4 Å². The van der Waals surface area contributed by atoms with E-state index in [1.54, 1.807) is 0 Å². The zero-order chi connectivity index (χ0) is 12.4. The van der Waals surface area contributed by atoms with Crippen LogP contribution in [0.3, 0.4) is 0 Å². The molecule has 16 heavy (non-hydrogen) atoms. The van der Waals surface area contributed by atoms with Gasteiger partial charge in [-0.2, -0.15) is 0 Å². The fourth-order valence-corrected chi connectivity index (χ4v) is 2.07. The summed E-state index contributed by atoms with van der Waals surface area (Å²) in [5.74, 6) is -0.000945. The van der Waals surface area contributed by atoms with E-state index in [1.807, 2.05) is 0 Å². The molecule has 0 radical (unpaired) electrons. The highest BCUT2D eigenvalue weighted by Gasteiger charge is 2.08. The Morgan fingerprint density at radius 3 is 2.56 bits per heavy atom. The summed E-state index contributed by atoms with van der Waals surface area (Å²) in [5.41, 5.74) is 5.22. The van der Waals surface area contributed by atoms with E-state index in [0.717, 1.165) is 0 Å². The number of rotatable bonds is 10. The van der Waals surface area contributed by atoms with Gasteiger partial charge in [0.05, 0.1) is 12.4 Å². The predicted octanol–water partition coefficient (Wildman–Crippen LogP) is -0.0736. The summed E-state index contributed by atoms with van der Waals surface area (Å²) >= 11 is 0. The van der Waals surface area contributed by atoms with Crippen molar-refractivity contribution in [3.05, 3.63) is 0 Å². The van der Waals surface area contributed by atoms with Crippen molar-refractivity contribution >= 4 is 10.0 Å². The molecule has 0 atom stereocenters. The van der Waals surface area contributed by atoms with Gasteiger partial charge in [0.1, 0.15) is 6.61 Å². The molecule has 0 unspecified atom stereocenters. The van der Waals surface area contributed by atoms with Gasteiger partial charge >= 0.3 is 0 Å². The molecule has 0 aliphatic heterocycles. The van der Waals surface area contributed by atoms with Crippen LogP contribution in [0.25, 0.3) is 0 Å². The van der Waals surface area contributed by atoms with Gasteiger partial charge in [-0.25, -0.2) is 21.9 Å². The molecule has 0 bridgehead atoms. The van der Waals surface area contributed by atoms with Crippen LogP contribution in [0.2, 0.25) is 0 Å². The Morgan fingerprint density at radius 1 is 1.31 bits per heavy atom. The number of alkyl halides is 2. The molecular formula is C8H18F2N2O3S. The van der Waals surface area contributed by atoms with E-state index in [-0.39, 0.29) is 18.9 Å². The molecule has 3 N–H and O–H groups in total. The van der Waals surface area contributed by atoms with Crippen molar-refractivity contribution in [2.75, 3.05) is 32.1 Å². The van der Waals surface area contributed by atoms with Crippen molar-refractivity contribution in [3.8, 4) is 0 Å². The smallest absolute Gasteiger partial charge is 0.261 e. The lowest BCUT2D eigenvalue weighted by molar-refractivity contribution is 0.0199. The minimum Gasteiger partial charge on any atom is -0.374 e. The Kier molecular flexibility index (Phi) is 8.63. The number of nitrogens with one attached hydrogen (secondary N) is 1. The first-order valence-electron chi connectivity index (χ1n) is 5.01. The molecule has 0 aliphatic rings. The van der Waals surface area contributed by atoms with E-state index in [9.17, 15) is 17.2 Å². The highest BCUT2D eigenvalue weighted by molar-refractivity contribution is 7.89. The summed E-state index contributed by atoms with van der Waals surface area (Å²) in [7, 11) is -3.33. The molecule has 0 fully saturated rings. The van der Waals surface area contributed by atoms with E-state index in [2.05, 4.69) is 9.46 Å². The predicted molar refractivity (Wildman–Crippen MR) is 56.9 cm³/mol. The van der Waals surface area contributed by atoms with Gasteiger partial charge in [0.15, 0.2) is 0 Å². The quantitative estimate of drug-likeness (QED) is 0.539. The van der Waals surface area contributed by atoms with Crippen molar-refractivity contribution in [2.24, 2.45) is 5.73 Å². The van der Waals surface area contributed by atoms with Crippen LogP contribution in [-0.4, -0.2) is 46.9 Å². The minimum atomic E-state index is -3.33. The van der Waals surface area contributed by atoms with E-state index in [4.69, 9.17) is 5.73 Å². The van der Waals surface area contributed by atoms with Gasteiger partial charge in [-0.3, -0.25) is 0 Å². The third kappa shape index (κ3) is 10.2. The Bertz CT molecular complexity index is 260. The lowest BCUT2D eigenvalue weighted by atomic mass is 10.3. The zero-order valence-corrected chi connectivity index (χ0v) is 9.81. The summed E-state index contributed by atoms with van der Waals surface area (Å²) in [5, 5.41) is 0. The Morgan fingerprint density at radius 2 is 2.00 bits per heavy atom. The van der Waals surface area contributed by atoms with Gasteiger partial charge in [-0.1, -0.05) is 0 Å². The molecule has 0 saturated heterocycles. The van der Waals surface area contributed by atoms with Crippen molar-refractivity contribution < 1.29 is 21.9 Å². The zero-order valence-electron chi connectivity index (χ0n) is 8.99. The number of ether oxygens (including phenoxy) is 1. The summed E-state index contributed by atoms with van der Waals surface area (Å²) in [6.07, 6.45) is -1.40. The Balaban J connectivity index is 3.51. The molecule has 98 valence electrons. The van der Waals surface area contributed by atoms with Crippen LogP contribution >= 0.6 is 0 Å². The fourth-order valence-electron chi connectivity index (χ4n) is 0.950. The third-order valence-electron chi connectivity index (χ3n) is 1.68. The molecule has 5 nitrogen and oxygen atoms in total. The molecule has 0 aliphatic carbocycles. The lowest BCUT2D eigenvalue weighted by Crippen LogP contribution is -2.30. The number of hydrogen-bond acceptors (Lipinski definition) is 4. The molecule has 0 spiro atoms. The second kappa shape index (κ2) is 8.80. The lowest BCUT2D eigenvalue weighted by Gasteiger charge is -2.06. The Labute approximate surface area is 94.4 Å². The van der Waals surface area contributed by atoms with Gasteiger partial charge in [0, 0.05) is 6.54 Å². The highest BCUT2D eigenvalue weighted by atomic mass is 32.2. The van der Waals surface area contributed by atoms with Gasteiger partial charge in [0.25, 0.3) is 6.43 Å². The van der Waals surface area contributed by atoms with Crippen LogP contribution < -0.4 is 10.5 Å². The number of hydrogen-bond donors (Lipinski definition) is 2. The van der Waals surface area contributed by atoms with E-state index < -0.39 is 23.1 Å². The second-order valence-electron chi connectivity index (χ2n) is 3.17. The second-order valence-corrected chi connectivity index (χ2v) is 5.10. The number of unbranched alkanes of at least 4 members (excludes halogenated alkanes) is 1. The maximum Gasteiger partial charge on any atom is 0.261 e. The average Bonchev–Trinajstić information content (AvgIpc) is 2.16. The SMILES string of the molecule is NCCCCS(=O)(=O)NCCOCC(F)F. The minimum absolute atomic E-state index is 0.000945. The van der Waals surface area contributed by atoms with Crippen LogP contribution in [0.5, 0.6) is 0 Å². The molecule has 0 aromatic carbocycles. The number of halogens is 2. The molecule has 0 aromatic rings. The van der Waals surface area contributed by atoms with Crippen molar-refractivity contribution in [3.63, 3.8) is 0 Å². The number of sulfonamides is 1. The van der Waals surface area contributed by atoms with Crippen LogP contribution in [0.15, 0.2) is 0 Å². The molecular weight excluding hydrogens is 242 g/mol. The molecule has 0 amide bonds. The van der Waals surface area contributed by atoms with Gasteiger partial charge in [-0.15, -0.1) is 0 Å². The van der Waals surface area contributed by atoms with Crippen LogP contribution in [0.4, 0.5) is 8.78 Å². The molecule has 0 heterocycles. The van der Waals surface area contributed by atoms with Gasteiger partial charge in [-0.05, 0) is 19.4 Å². The normalized spacial score (nSPS) is 12.2. The Hall–Kier alpha value is -0.310. The van der Waals surface area contributed by atoms with E-state index >= 15 is 0 Å². The largest absolute Gasteiger partial charge is 0.374 e. The van der Waals surface area contributed by atoms with Gasteiger partial charge in [0.2, 0.25) is 10.0 Å². The van der Waals surface area contributed by atoms with Gasteiger partial charge < -0.3 is 10.5 Å². The average molecular weight is 260 g/mol. The van der Waals surface area contributed by atoms with Crippen LogP contribution in [0.1, 0.15) is 12.8 Å². The van der Waals surface area contributed by atoms with E-state index in [1.165, 1.54) is 0 Å². The van der Waals surface area contributed by atoms with Crippen molar-refractivity contribution in [2.45, 2.75) is 19.3 Å². The van der Waals surface area contributed by atoms with Crippen molar-refractivity contribution in [1.29, 1.82) is 0 Å². The highest BCUT2D eigenvalue weighted by Crippen LogP contribution is 1.94. The monoisotopic (exact) mass is 260 g/mol. The first kappa shape index (κ1) is 15.7. The molecule has 0 saturated carbocycles. The molecule has 0 aromatic heterocycles. The standard InChI is InChI=1S/C8H18F2N2O3S/c9-8(10)7-15-5-4-12-16(13,14)6-2-1-3-11/h8,12H,1-7,11H2. The van der Waals surface area contributed by atoms with Crippen LogP contribution in [0, 0.1) is 0 Å². The summed E-state index contributed by atoms with van der Waals surface area (Å²) in [4.78, 5) is 0. The maximum atomic E-state index is 11.6. The summed E-state index contributed by atoms with van der Waals surface area (Å²) < 4.78 is 52.5. The van der Waals surface area contributed by atoms with E-state index in [0.29, 0.717) is 19.4 Å². The summed E-state index contributed by atoms with van der Waals surface area (Å²) in [6, 6.07) is 0. The number of nitrogens with two attached hydrogens (primary N) is 1. The molecule has 8 heteroatoms. The third-order valence-corrected chi connectivity index (χ3v) is 3.15. The maximum absolute atomic E-state index is 11.6. The summed E-state index contributed by atoms with van der Waals surface area (Å²) in [6.45, 7) is -0.264. The molecule has 0 rings (SSSR count). The van der Waals surface area contributed by atoms with Crippen LogP contribution in [-0.2, 0) is 14.8 Å². The first-order valence-corrected chi connectivity index (χ1v) is 6.66. The fraction of sp³-hybridized carbons (Fsp3) is 1.00. The van der Waals surface area contributed by atoms with Crippen molar-refractivity contribution in [1.82, 2.24) is 4.72 Å².